The number of alkyl carbamates (subject to hydrolysis) is 1. The topological polar surface area (TPSA) is 302 Å². The number of benzene rings is 2. The highest BCUT2D eigenvalue weighted by atomic mass is 35.5. The molecule has 5 amide bonds. The molecule has 2 fully saturated rings. The molecule has 9 atom stereocenters. The van der Waals surface area contributed by atoms with Crippen LogP contribution < -0.4 is 31.0 Å². The number of likely N-dealkylation sites (N-methyl/N-ethyl adjacent to an activating group) is 1. The number of carboxylic acid groups (broad SMARTS) is 1. The minimum atomic E-state index is -2.12. The number of carboxylic acids is 1. The average molecular weight is 1170 g/mol. The van der Waals surface area contributed by atoms with Gasteiger partial charge < -0.3 is 68.7 Å². The second kappa shape index (κ2) is 29.1. The van der Waals surface area contributed by atoms with Crippen LogP contribution in [0.2, 0.25) is 5.02 Å². The number of methoxy groups -OCH3 is 1. The predicted molar refractivity (Wildman–Crippen MR) is 301 cm³/mol. The van der Waals surface area contributed by atoms with E-state index in [9.17, 15) is 48.9 Å². The van der Waals surface area contributed by atoms with E-state index in [0.29, 0.717) is 30.9 Å². The quantitative estimate of drug-likeness (QED) is 0.0293. The van der Waals surface area contributed by atoms with E-state index in [2.05, 4.69) is 27.4 Å². The number of aromatic nitrogens is 1. The number of ether oxygens (including phenoxy) is 6. The molecule has 24 nitrogen and oxygen atoms in total. The SMILES string of the molecule is CNN(C)Cc1cc2ccccc2n1CCC(=O)N[C@@H](CCC(=O)O)C(=O)NCCOCCOCCC(=O)N(C)[C@@H](C)C(=O)O[C@H]1CC(=O)N(C)c2cc(cc(OC)c2Cl)C/C(C)=C/C=C/[C@@H](O)[C@@]2(O)C[C@H](OC(=O)N2)[C@@H](C)C2O[C@]21C. The van der Waals surface area contributed by atoms with Crippen LogP contribution in [0.15, 0.2) is 66.3 Å². The highest BCUT2D eigenvalue weighted by Crippen LogP contribution is 2.49. The Morgan fingerprint density at radius 2 is 1.74 bits per heavy atom. The number of amides is 5. The van der Waals surface area contributed by atoms with Crippen molar-refractivity contribution in [3.63, 3.8) is 0 Å². The lowest BCUT2D eigenvalue weighted by molar-refractivity contribution is -0.162. The number of hydrazine groups is 1. The molecule has 0 radical (unpaired) electrons. The smallest absolute Gasteiger partial charge is 0.409 e. The van der Waals surface area contributed by atoms with E-state index in [1.807, 2.05) is 54.9 Å². The van der Waals surface area contributed by atoms with Crippen LogP contribution in [0.4, 0.5) is 10.5 Å². The summed E-state index contributed by atoms with van der Waals surface area (Å²) < 4.78 is 36.8. The summed E-state index contributed by atoms with van der Waals surface area (Å²) in [5, 5.41) is 42.8. The number of carbonyl (C=O) groups excluding carboxylic acids is 6. The number of anilines is 1. The Balaban J connectivity index is 0.994. The molecule has 3 aromatic rings. The minimum Gasteiger partial charge on any atom is -0.495 e. The molecule has 2 aromatic carbocycles. The molecule has 2 saturated heterocycles. The Morgan fingerprint density at radius 1 is 1.02 bits per heavy atom. The molecule has 25 heteroatoms. The molecule has 4 bridgehead atoms. The highest BCUT2D eigenvalue weighted by Gasteiger charge is 2.64. The second-order valence-electron chi connectivity index (χ2n) is 21.2. The Morgan fingerprint density at radius 3 is 2.45 bits per heavy atom. The first-order valence-electron chi connectivity index (χ1n) is 27.3. The molecule has 1 aromatic heterocycles. The number of allylic oxidation sites excluding steroid dienone is 3. The number of aliphatic hydroxyl groups is 2. The summed E-state index contributed by atoms with van der Waals surface area (Å²) in [6, 6.07) is 11.1. The van der Waals surface area contributed by atoms with Crippen LogP contribution in [-0.2, 0) is 72.0 Å². The van der Waals surface area contributed by atoms with Gasteiger partial charge in [-0.2, -0.15) is 0 Å². The van der Waals surface area contributed by atoms with E-state index in [1.165, 1.54) is 44.0 Å². The van der Waals surface area contributed by atoms with E-state index >= 15 is 0 Å². The van der Waals surface area contributed by atoms with E-state index < -0.39 is 102 Å². The van der Waals surface area contributed by atoms with Gasteiger partial charge in [0.2, 0.25) is 23.6 Å². The summed E-state index contributed by atoms with van der Waals surface area (Å²) >= 11 is 6.79. The van der Waals surface area contributed by atoms with Crippen molar-refractivity contribution in [2.24, 2.45) is 5.92 Å². The Kier molecular flexibility index (Phi) is 22.9. The molecule has 0 aliphatic carbocycles. The number of nitrogens with zero attached hydrogens (tertiary/aromatic N) is 4. The zero-order valence-corrected chi connectivity index (χ0v) is 48.8. The van der Waals surface area contributed by atoms with E-state index in [1.54, 1.807) is 38.1 Å². The fourth-order valence-corrected chi connectivity index (χ4v) is 10.3. The first-order chi connectivity index (χ1) is 38.9. The number of carbonyl (C=O) groups is 7. The van der Waals surface area contributed by atoms with Crippen LogP contribution in [0, 0.1) is 5.92 Å². The molecule has 6 rings (SSSR count). The van der Waals surface area contributed by atoms with Gasteiger partial charge in [0.05, 0.1) is 64.7 Å². The summed E-state index contributed by atoms with van der Waals surface area (Å²) in [4.78, 5) is 94.9. The summed E-state index contributed by atoms with van der Waals surface area (Å²) in [5.41, 5.74) is 3.44. The van der Waals surface area contributed by atoms with Crippen LogP contribution in [0.3, 0.4) is 0 Å². The lowest BCUT2D eigenvalue weighted by Gasteiger charge is -2.41. The Labute approximate surface area is 482 Å². The van der Waals surface area contributed by atoms with Gasteiger partial charge in [-0.3, -0.25) is 34.7 Å². The van der Waals surface area contributed by atoms with E-state index in [-0.39, 0.29) is 70.1 Å². The van der Waals surface area contributed by atoms with Crippen LogP contribution in [0.5, 0.6) is 5.75 Å². The van der Waals surface area contributed by atoms with Crippen LogP contribution in [0.25, 0.3) is 10.9 Å². The molecule has 3 aliphatic rings. The zero-order valence-electron chi connectivity index (χ0n) is 48.0. The van der Waals surface area contributed by atoms with Gasteiger partial charge >= 0.3 is 18.0 Å². The van der Waals surface area contributed by atoms with Gasteiger partial charge in [-0.15, -0.1) is 0 Å². The third kappa shape index (κ3) is 16.8. The molecule has 1 unspecified atom stereocenters. The van der Waals surface area contributed by atoms with Crippen molar-refractivity contribution in [1.82, 2.24) is 35.9 Å². The van der Waals surface area contributed by atoms with Crippen molar-refractivity contribution < 1.29 is 77.3 Å². The largest absolute Gasteiger partial charge is 0.495 e. The monoisotopic (exact) mass is 1170 g/mol. The molecular weight excluding hydrogens is 1090 g/mol. The fourth-order valence-electron chi connectivity index (χ4n) is 9.98. The van der Waals surface area contributed by atoms with E-state index in [4.69, 9.17) is 40.0 Å². The number of aliphatic hydroxyl groups excluding tert-OH is 1. The maximum Gasteiger partial charge on any atom is 0.409 e. The zero-order chi connectivity index (χ0) is 60.1. The molecule has 0 saturated carbocycles. The number of hydrogen-bond donors (Lipinski definition) is 7. The molecule has 7 N–H and O–H groups in total. The average Bonchev–Trinajstić information content (AvgIpc) is 2.97. The predicted octanol–water partition coefficient (Wildman–Crippen LogP) is 3.36. The first-order valence-corrected chi connectivity index (χ1v) is 27.7. The van der Waals surface area contributed by atoms with Crippen molar-refractivity contribution >= 4 is 69.9 Å². The number of halogens is 1. The summed E-state index contributed by atoms with van der Waals surface area (Å²) in [7, 11) is 8.12. The molecule has 4 heterocycles. The van der Waals surface area contributed by atoms with E-state index in [0.717, 1.165) is 27.7 Å². The third-order valence-electron chi connectivity index (χ3n) is 15.2. The molecule has 0 spiro atoms. The summed E-state index contributed by atoms with van der Waals surface area (Å²) in [5.74, 6) is -4.25. The number of nitrogens with one attached hydrogen (secondary N) is 4. The fraction of sp³-hybridized carbons (Fsp3) is 0.561. The molecule has 450 valence electrons. The number of aryl methyl sites for hydroxylation is 1. The Hall–Kier alpha value is -6.64. The van der Waals surface area contributed by atoms with Crippen molar-refractivity contribution in [1.29, 1.82) is 0 Å². The van der Waals surface area contributed by atoms with Crippen molar-refractivity contribution in [3.05, 3.63) is 82.5 Å². The van der Waals surface area contributed by atoms with Gasteiger partial charge in [-0.25, -0.2) is 14.6 Å². The lowest BCUT2D eigenvalue weighted by atomic mass is 9.83. The summed E-state index contributed by atoms with van der Waals surface area (Å²) in [6.45, 7) is 7.86. The van der Waals surface area contributed by atoms with Gasteiger partial charge in [-0.1, -0.05) is 60.5 Å². The molecule has 3 aliphatic heterocycles. The van der Waals surface area contributed by atoms with Gasteiger partial charge in [0.1, 0.15) is 46.8 Å². The minimum absolute atomic E-state index is 0.0338. The normalized spacial score (nSPS) is 24.7. The maximum absolute atomic E-state index is 14.3. The first kappa shape index (κ1) is 64.5. The number of hydrogen-bond acceptors (Lipinski definition) is 17. The number of aliphatic carboxylic acids is 1. The molecular formula is C57H79ClN8O16. The molecule has 82 heavy (non-hydrogen) atoms. The van der Waals surface area contributed by atoms with Crippen molar-refractivity contribution in [3.8, 4) is 5.75 Å². The number of rotatable bonds is 24. The van der Waals surface area contributed by atoms with Gasteiger partial charge in [0.15, 0.2) is 5.72 Å². The number of epoxide rings is 1. The number of fused-ring (bicyclic) bond motifs is 6. The van der Waals surface area contributed by atoms with Crippen LogP contribution in [0.1, 0.15) is 77.5 Å². The third-order valence-corrected chi connectivity index (χ3v) is 15.6. The number of para-hydroxylation sites is 1. The van der Waals surface area contributed by atoms with Gasteiger partial charge in [-0.05, 0) is 75.9 Å². The highest BCUT2D eigenvalue weighted by molar-refractivity contribution is 6.35. The summed E-state index contributed by atoms with van der Waals surface area (Å²) in [6.07, 6.45) is -1.70. The van der Waals surface area contributed by atoms with Crippen molar-refractivity contribution in [2.75, 3.05) is 73.2 Å². The van der Waals surface area contributed by atoms with Crippen LogP contribution >= 0.6 is 11.6 Å². The van der Waals surface area contributed by atoms with Crippen molar-refractivity contribution in [2.45, 2.75) is 134 Å². The van der Waals surface area contributed by atoms with Gasteiger partial charge in [0, 0.05) is 70.6 Å². The van der Waals surface area contributed by atoms with Crippen LogP contribution in [-0.4, -0.2) is 188 Å². The standard InChI is InChI=1S/C57H79ClN8O16/c1-34-13-12-16-45(67)57(76)32-44(80-55(75)62-57)35(2)52-56(4,82-52)46(31-49(70)65(8)42-28-37(27-34)29-43(77-9)51(42)58)81-54(74)36(3)64(7)48(69)20-23-78-25-26-79-24-21-60-53(73)40(17-18-50(71)72)61-47(68)19-22-66-39(33-63(6)59-5)30-38-14-10-11-15-41(38)66/h10-16,28-30,35-36,40,44-46,52,59,67,76H,17-27,31-33H2,1-9H3,(H,60,73)(H,61,68)(H,62,75)(H,71,72)/b16-12+,34-13+/t35-,36+,40+,44+,45-,46+,52?,56+,57+/m1/s1. The number of esters is 1. The Bertz CT molecular complexity index is 2850. The maximum atomic E-state index is 14.3. The lowest BCUT2D eigenvalue weighted by Crippen LogP contribution is -2.63. The second-order valence-corrected chi connectivity index (χ2v) is 21.6. The van der Waals surface area contributed by atoms with Gasteiger partial charge in [0.25, 0.3) is 0 Å².